The van der Waals surface area contributed by atoms with E-state index in [-0.39, 0.29) is 23.5 Å². The van der Waals surface area contributed by atoms with Crippen LogP contribution in [0.5, 0.6) is 0 Å². The Bertz CT molecular complexity index is 543. The minimum Gasteiger partial charge on any atom is -0.378 e. The van der Waals surface area contributed by atoms with Gasteiger partial charge in [-0.2, -0.15) is 0 Å². The average molecular weight is 325 g/mol. The van der Waals surface area contributed by atoms with Crippen molar-refractivity contribution in [2.45, 2.75) is 65.1 Å². The Morgan fingerprint density at radius 3 is 2.73 bits per heavy atom. The molecule has 0 bridgehead atoms. The molecule has 0 aromatic carbocycles. The lowest BCUT2D eigenvalue weighted by Crippen LogP contribution is -2.75. The van der Waals surface area contributed by atoms with E-state index in [1.165, 1.54) is 0 Å². The van der Waals surface area contributed by atoms with Gasteiger partial charge < -0.3 is 15.8 Å². The van der Waals surface area contributed by atoms with Gasteiger partial charge in [-0.05, 0) is 20.3 Å². The first-order valence-corrected chi connectivity index (χ1v) is 8.77. The average Bonchev–Trinajstić information content (AvgIpc) is 2.90. The highest BCUT2D eigenvalue weighted by Gasteiger charge is 2.63. The van der Waals surface area contributed by atoms with E-state index in [1.807, 2.05) is 40.0 Å². The molecule has 124 valence electrons. The van der Waals surface area contributed by atoms with Crippen LogP contribution in [0.3, 0.4) is 0 Å². The summed E-state index contributed by atoms with van der Waals surface area (Å²) < 4.78 is 5.69. The van der Waals surface area contributed by atoms with Gasteiger partial charge in [0.25, 0.3) is 0 Å². The first-order chi connectivity index (χ1) is 10.3. The van der Waals surface area contributed by atoms with Gasteiger partial charge in [-0.25, -0.2) is 4.98 Å². The minimum absolute atomic E-state index is 0.0374. The van der Waals surface area contributed by atoms with E-state index in [9.17, 15) is 4.79 Å². The van der Waals surface area contributed by atoms with Crippen LogP contribution in [0, 0.1) is 12.3 Å². The Morgan fingerprint density at radius 1 is 1.59 bits per heavy atom. The number of carbonyl (C=O) groups is 1. The fraction of sp³-hybridized carbons (Fsp3) is 0.750. The van der Waals surface area contributed by atoms with Crippen LogP contribution in [0.15, 0.2) is 5.38 Å². The Kier molecular flexibility index (Phi) is 4.94. The summed E-state index contributed by atoms with van der Waals surface area (Å²) in [6.45, 7) is 10.6. The van der Waals surface area contributed by atoms with Crippen molar-refractivity contribution >= 4 is 17.2 Å². The maximum absolute atomic E-state index is 12.7. The van der Waals surface area contributed by atoms with E-state index in [4.69, 9.17) is 10.5 Å². The van der Waals surface area contributed by atoms with Crippen molar-refractivity contribution in [3.05, 3.63) is 16.1 Å². The molecule has 0 aliphatic heterocycles. The number of nitrogens with one attached hydrogen (secondary N) is 1. The fourth-order valence-electron chi connectivity index (χ4n) is 2.98. The van der Waals surface area contributed by atoms with Crippen LogP contribution in [-0.4, -0.2) is 29.1 Å². The Hall–Kier alpha value is -0.980. The third-order valence-corrected chi connectivity index (χ3v) is 5.96. The van der Waals surface area contributed by atoms with Gasteiger partial charge in [-0.3, -0.25) is 4.79 Å². The molecule has 0 saturated heterocycles. The van der Waals surface area contributed by atoms with Gasteiger partial charge in [0.1, 0.15) is 10.5 Å². The summed E-state index contributed by atoms with van der Waals surface area (Å²) >= 11 is 1.58. The fourth-order valence-corrected chi connectivity index (χ4v) is 3.91. The van der Waals surface area contributed by atoms with Crippen LogP contribution in [0.1, 0.15) is 57.3 Å². The summed E-state index contributed by atoms with van der Waals surface area (Å²) in [4.78, 5) is 17.2. The molecular weight excluding hydrogens is 298 g/mol. The number of thiazole rings is 1. The summed E-state index contributed by atoms with van der Waals surface area (Å²) in [5, 5.41) is 6.03. The molecule has 1 fully saturated rings. The third kappa shape index (κ3) is 2.79. The Labute approximate surface area is 136 Å². The van der Waals surface area contributed by atoms with Crippen LogP contribution >= 0.6 is 11.3 Å². The van der Waals surface area contributed by atoms with Gasteiger partial charge in [-0.15, -0.1) is 11.3 Å². The predicted octanol–water partition coefficient (Wildman–Crippen LogP) is 2.55. The summed E-state index contributed by atoms with van der Waals surface area (Å²) in [5.74, 6) is -0.104. The molecule has 3 unspecified atom stereocenters. The first kappa shape index (κ1) is 17.4. The van der Waals surface area contributed by atoms with Gasteiger partial charge in [0.2, 0.25) is 5.91 Å². The van der Waals surface area contributed by atoms with Crippen LogP contribution < -0.4 is 11.1 Å². The molecule has 1 aromatic rings. The molecule has 1 heterocycles. The molecular formula is C16H27N3O2S. The van der Waals surface area contributed by atoms with Crippen molar-refractivity contribution in [3.8, 4) is 0 Å². The number of nitrogens with two attached hydrogens (primary N) is 1. The first-order valence-electron chi connectivity index (χ1n) is 7.89. The highest BCUT2D eigenvalue weighted by molar-refractivity contribution is 7.09. The molecule has 1 aliphatic carbocycles. The van der Waals surface area contributed by atoms with E-state index in [2.05, 4.69) is 10.3 Å². The molecule has 1 saturated carbocycles. The van der Waals surface area contributed by atoms with Gasteiger partial charge >= 0.3 is 0 Å². The van der Waals surface area contributed by atoms with Crippen molar-refractivity contribution in [1.29, 1.82) is 0 Å². The molecule has 3 atom stereocenters. The topological polar surface area (TPSA) is 77.2 Å². The Morgan fingerprint density at radius 2 is 2.27 bits per heavy atom. The molecule has 0 radical (unpaired) electrons. The summed E-state index contributed by atoms with van der Waals surface area (Å²) in [6.07, 6.45) is 1.40. The second-order valence-corrected chi connectivity index (χ2v) is 7.49. The van der Waals surface area contributed by atoms with Crippen LogP contribution in [0.4, 0.5) is 0 Å². The van der Waals surface area contributed by atoms with Crippen molar-refractivity contribution in [2.24, 2.45) is 11.1 Å². The number of rotatable bonds is 6. The molecule has 0 spiro atoms. The predicted molar refractivity (Wildman–Crippen MR) is 88.8 cm³/mol. The normalized spacial score (nSPS) is 28.0. The SMILES string of the molecule is CCOC1CC(N)(C(=O)NC(CC)c2nc(C)cs2)C1(C)C. The number of carbonyl (C=O) groups excluding carboxylic acids is 1. The van der Waals surface area contributed by atoms with Crippen LogP contribution in [-0.2, 0) is 9.53 Å². The zero-order valence-corrected chi connectivity index (χ0v) is 14.9. The lowest BCUT2D eigenvalue weighted by Gasteiger charge is -2.57. The number of hydrogen-bond acceptors (Lipinski definition) is 5. The van der Waals surface area contributed by atoms with Crippen LogP contribution in [0.2, 0.25) is 0 Å². The summed E-state index contributed by atoms with van der Waals surface area (Å²) in [7, 11) is 0. The van der Waals surface area contributed by atoms with Crippen molar-refractivity contribution in [2.75, 3.05) is 6.61 Å². The highest BCUT2D eigenvalue weighted by Crippen LogP contribution is 2.50. The molecule has 1 aromatic heterocycles. The quantitative estimate of drug-likeness (QED) is 0.842. The Balaban J connectivity index is 2.08. The second-order valence-electron chi connectivity index (χ2n) is 6.60. The molecule has 1 amide bonds. The molecule has 5 nitrogen and oxygen atoms in total. The molecule has 6 heteroatoms. The number of nitrogens with zero attached hydrogens (tertiary/aromatic N) is 1. The zero-order chi connectivity index (χ0) is 16.5. The number of aromatic nitrogens is 1. The lowest BCUT2D eigenvalue weighted by molar-refractivity contribution is -0.171. The van der Waals surface area contributed by atoms with E-state index in [0.29, 0.717) is 13.0 Å². The maximum Gasteiger partial charge on any atom is 0.241 e. The largest absolute Gasteiger partial charge is 0.378 e. The zero-order valence-electron chi connectivity index (χ0n) is 14.1. The smallest absolute Gasteiger partial charge is 0.241 e. The monoisotopic (exact) mass is 325 g/mol. The number of amides is 1. The standard InChI is InChI=1S/C16H27N3O2S/c1-6-11(13-18-10(3)9-22-13)19-14(20)16(17)8-12(21-7-2)15(16,4)5/h9,11-12H,6-8,17H2,1-5H3,(H,19,20). The van der Waals surface area contributed by atoms with Gasteiger partial charge in [-0.1, -0.05) is 20.8 Å². The van der Waals surface area contributed by atoms with E-state index >= 15 is 0 Å². The van der Waals surface area contributed by atoms with Gasteiger partial charge in [0.15, 0.2) is 0 Å². The number of aryl methyl sites for hydroxylation is 1. The van der Waals surface area contributed by atoms with E-state index in [1.54, 1.807) is 11.3 Å². The van der Waals surface area contributed by atoms with Crippen molar-refractivity contribution in [3.63, 3.8) is 0 Å². The third-order valence-electron chi connectivity index (χ3n) is 4.88. The van der Waals surface area contributed by atoms with E-state index in [0.717, 1.165) is 17.1 Å². The number of hydrogen-bond donors (Lipinski definition) is 2. The molecule has 3 N–H and O–H groups in total. The minimum atomic E-state index is -0.882. The molecule has 22 heavy (non-hydrogen) atoms. The van der Waals surface area contributed by atoms with E-state index < -0.39 is 5.54 Å². The van der Waals surface area contributed by atoms with Crippen LogP contribution in [0.25, 0.3) is 0 Å². The lowest BCUT2D eigenvalue weighted by atomic mass is 9.54. The van der Waals surface area contributed by atoms with Gasteiger partial charge in [0, 0.05) is 29.5 Å². The molecule has 1 aliphatic rings. The number of ether oxygens (including phenoxy) is 1. The van der Waals surface area contributed by atoms with Crippen molar-refractivity contribution in [1.82, 2.24) is 10.3 Å². The second kappa shape index (κ2) is 6.26. The highest BCUT2D eigenvalue weighted by atomic mass is 32.1. The van der Waals surface area contributed by atoms with Gasteiger partial charge in [0.05, 0.1) is 12.1 Å². The maximum atomic E-state index is 12.7. The molecule has 2 rings (SSSR count). The van der Waals surface area contributed by atoms with Crippen molar-refractivity contribution < 1.29 is 9.53 Å². The summed E-state index contributed by atoms with van der Waals surface area (Å²) in [5.41, 5.74) is 6.15. The summed E-state index contributed by atoms with van der Waals surface area (Å²) in [6, 6.07) is -0.0754.